The van der Waals surface area contributed by atoms with Crippen LogP contribution in [0.2, 0.25) is 0 Å². The Bertz CT molecular complexity index is 792. The van der Waals surface area contributed by atoms with Gasteiger partial charge in [0, 0.05) is 24.2 Å². The molecule has 0 unspecified atom stereocenters. The number of nitrogens with one attached hydrogen (secondary N) is 1. The molecule has 2 aromatic rings. The van der Waals surface area contributed by atoms with E-state index >= 15 is 0 Å². The van der Waals surface area contributed by atoms with Crippen molar-refractivity contribution < 1.29 is 23.9 Å². The molecule has 8 heteroatoms. The van der Waals surface area contributed by atoms with Crippen molar-refractivity contribution in [2.24, 2.45) is 0 Å². The molecule has 0 fully saturated rings. The highest BCUT2D eigenvalue weighted by molar-refractivity contribution is 5.91. The van der Waals surface area contributed by atoms with Gasteiger partial charge in [-0.3, -0.25) is 10.1 Å². The zero-order chi connectivity index (χ0) is 20.4. The molecule has 0 atom stereocenters. The van der Waals surface area contributed by atoms with Gasteiger partial charge in [0.15, 0.2) is 0 Å². The molecule has 0 saturated carbocycles. The van der Waals surface area contributed by atoms with Gasteiger partial charge in [0.25, 0.3) is 5.69 Å². The number of ether oxygens (including phenoxy) is 3. The summed E-state index contributed by atoms with van der Waals surface area (Å²) in [6, 6.07) is 9.42. The number of anilines is 1. The third-order valence-electron chi connectivity index (χ3n) is 3.58. The van der Waals surface area contributed by atoms with Crippen molar-refractivity contribution in [3.8, 4) is 11.5 Å². The molecule has 0 bridgehead atoms. The van der Waals surface area contributed by atoms with Crippen LogP contribution in [0.3, 0.4) is 0 Å². The quantitative estimate of drug-likeness (QED) is 0.442. The maximum atomic E-state index is 11.5. The number of benzene rings is 2. The number of nitrogens with zero attached hydrogens (tertiary/aromatic N) is 1. The van der Waals surface area contributed by atoms with E-state index in [2.05, 4.69) is 10.1 Å². The van der Waals surface area contributed by atoms with Crippen molar-refractivity contribution in [2.45, 2.75) is 20.4 Å². The smallest absolute Gasteiger partial charge is 0.338 e. The van der Waals surface area contributed by atoms with E-state index in [1.807, 2.05) is 13.8 Å². The maximum absolute atomic E-state index is 11.5. The lowest BCUT2D eigenvalue weighted by Gasteiger charge is -2.12. The van der Waals surface area contributed by atoms with Gasteiger partial charge >= 0.3 is 5.97 Å². The Labute approximate surface area is 158 Å². The fourth-order valence-corrected chi connectivity index (χ4v) is 2.27. The lowest BCUT2D eigenvalue weighted by molar-refractivity contribution is -0.384. The fraction of sp³-hybridized carbons (Fsp3) is 0.316. The number of methoxy groups -OCH3 is 3. The molecule has 8 nitrogen and oxygen atoms in total. The predicted octanol–water partition coefficient (Wildman–Crippen LogP) is 4.04. The van der Waals surface area contributed by atoms with E-state index in [1.165, 1.54) is 32.4 Å². The lowest BCUT2D eigenvalue weighted by atomic mass is 10.1. The van der Waals surface area contributed by atoms with Gasteiger partial charge in [-0.25, -0.2) is 4.79 Å². The first-order chi connectivity index (χ1) is 13.0. The van der Waals surface area contributed by atoms with Crippen molar-refractivity contribution in [3.05, 3.63) is 57.6 Å². The Morgan fingerprint density at radius 3 is 2.33 bits per heavy atom. The van der Waals surface area contributed by atoms with Gasteiger partial charge in [-0.15, -0.1) is 0 Å². The highest BCUT2D eigenvalue weighted by atomic mass is 16.6. The summed E-state index contributed by atoms with van der Waals surface area (Å²) in [5.74, 6) is 0.612. The number of carbonyl (C=O) groups excluding carboxylic acids is 1. The molecule has 0 saturated heterocycles. The molecule has 0 aromatic heterocycles. The van der Waals surface area contributed by atoms with E-state index in [1.54, 1.807) is 25.3 Å². The number of carbonyl (C=O) groups is 1. The van der Waals surface area contributed by atoms with Crippen LogP contribution in [0, 0.1) is 10.1 Å². The second-order valence-corrected chi connectivity index (χ2v) is 5.01. The van der Waals surface area contributed by atoms with Gasteiger partial charge in [-0.05, 0) is 24.3 Å². The average Bonchev–Trinajstić information content (AvgIpc) is 2.72. The number of hydrogen-bond acceptors (Lipinski definition) is 7. The van der Waals surface area contributed by atoms with Crippen molar-refractivity contribution >= 4 is 17.3 Å². The summed E-state index contributed by atoms with van der Waals surface area (Å²) >= 11 is 0. The number of nitro benzene ring substituents is 1. The SMILES string of the molecule is CC.COC(=O)c1ccc(NCc2ccc(OC)cc2OC)c([N+](=O)[O-])c1. The largest absolute Gasteiger partial charge is 0.497 e. The Hall–Kier alpha value is -3.29. The minimum Gasteiger partial charge on any atom is -0.497 e. The van der Waals surface area contributed by atoms with E-state index in [0.717, 1.165) is 5.56 Å². The molecule has 1 N–H and O–H groups in total. The van der Waals surface area contributed by atoms with Crippen LogP contribution in [-0.4, -0.2) is 32.2 Å². The predicted molar refractivity (Wildman–Crippen MR) is 103 cm³/mol. The van der Waals surface area contributed by atoms with E-state index in [4.69, 9.17) is 9.47 Å². The molecule has 0 aliphatic heterocycles. The minimum atomic E-state index is -0.633. The van der Waals surface area contributed by atoms with E-state index < -0.39 is 10.9 Å². The third-order valence-corrected chi connectivity index (χ3v) is 3.58. The summed E-state index contributed by atoms with van der Waals surface area (Å²) in [7, 11) is 4.31. The molecular formula is C19H24N2O6. The summed E-state index contributed by atoms with van der Waals surface area (Å²) in [5, 5.41) is 14.3. The average molecular weight is 376 g/mol. The van der Waals surface area contributed by atoms with Crippen LogP contribution >= 0.6 is 0 Å². The summed E-state index contributed by atoms with van der Waals surface area (Å²) in [6.45, 7) is 4.30. The lowest BCUT2D eigenvalue weighted by Crippen LogP contribution is -2.07. The van der Waals surface area contributed by atoms with Crippen LogP contribution in [-0.2, 0) is 11.3 Å². The zero-order valence-corrected chi connectivity index (χ0v) is 16.1. The maximum Gasteiger partial charge on any atom is 0.338 e. The highest BCUT2D eigenvalue weighted by Gasteiger charge is 2.18. The molecule has 2 aromatic carbocycles. The molecule has 0 spiro atoms. The van der Waals surface area contributed by atoms with Crippen molar-refractivity contribution in [1.29, 1.82) is 0 Å². The van der Waals surface area contributed by atoms with Crippen LogP contribution in [0.1, 0.15) is 29.8 Å². The first kappa shape index (κ1) is 21.8. The standard InChI is InChI=1S/C17H18N2O6.C2H6/c1-23-13-6-4-12(16(9-13)24-2)10-18-14-7-5-11(17(20)25-3)8-15(14)19(21)22;1-2/h4-9,18H,10H2,1-3H3;1-2H3. The Morgan fingerprint density at radius 1 is 1.07 bits per heavy atom. The third kappa shape index (κ3) is 5.60. The monoisotopic (exact) mass is 376 g/mol. The summed E-state index contributed by atoms with van der Waals surface area (Å²) < 4.78 is 15.0. The number of nitro groups is 1. The van der Waals surface area contributed by atoms with Crippen LogP contribution in [0.25, 0.3) is 0 Å². The zero-order valence-electron chi connectivity index (χ0n) is 16.1. The number of hydrogen-bond donors (Lipinski definition) is 1. The van der Waals surface area contributed by atoms with Gasteiger partial charge in [0.1, 0.15) is 17.2 Å². The van der Waals surface area contributed by atoms with Crippen LogP contribution in [0.4, 0.5) is 11.4 Å². The normalized spacial score (nSPS) is 9.52. The second-order valence-electron chi connectivity index (χ2n) is 5.01. The van der Waals surface area contributed by atoms with Crippen LogP contribution < -0.4 is 14.8 Å². The van der Waals surface area contributed by atoms with E-state index in [9.17, 15) is 14.9 Å². The van der Waals surface area contributed by atoms with Gasteiger partial charge in [-0.1, -0.05) is 13.8 Å². The van der Waals surface area contributed by atoms with Crippen LogP contribution in [0.5, 0.6) is 11.5 Å². The molecule has 0 heterocycles. The number of rotatable bonds is 7. The van der Waals surface area contributed by atoms with Crippen molar-refractivity contribution in [2.75, 3.05) is 26.6 Å². The minimum absolute atomic E-state index is 0.113. The molecule has 0 radical (unpaired) electrons. The molecule has 0 aliphatic rings. The van der Waals surface area contributed by atoms with E-state index in [-0.39, 0.29) is 16.9 Å². The Kier molecular flexibility index (Phi) is 8.58. The molecular weight excluding hydrogens is 352 g/mol. The summed E-state index contributed by atoms with van der Waals surface area (Å²) in [5.41, 5.74) is 0.988. The molecule has 146 valence electrons. The molecule has 0 aliphatic carbocycles. The van der Waals surface area contributed by atoms with Gasteiger partial charge in [0.05, 0.1) is 31.8 Å². The van der Waals surface area contributed by atoms with E-state index in [0.29, 0.717) is 18.0 Å². The summed E-state index contributed by atoms with van der Waals surface area (Å²) in [6.07, 6.45) is 0. The topological polar surface area (TPSA) is 99.9 Å². The van der Waals surface area contributed by atoms with Gasteiger partial charge in [-0.2, -0.15) is 0 Å². The highest BCUT2D eigenvalue weighted by Crippen LogP contribution is 2.29. The van der Waals surface area contributed by atoms with Gasteiger partial charge < -0.3 is 19.5 Å². The second kappa shape index (κ2) is 10.6. The first-order valence-electron chi connectivity index (χ1n) is 8.31. The number of esters is 1. The molecule has 2 rings (SSSR count). The molecule has 0 amide bonds. The van der Waals surface area contributed by atoms with Crippen molar-refractivity contribution in [3.63, 3.8) is 0 Å². The first-order valence-corrected chi connectivity index (χ1v) is 8.31. The van der Waals surface area contributed by atoms with Crippen LogP contribution in [0.15, 0.2) is 36.4 Å². The van der Waals surface area contributed by atoms with Gasteiger partial charge in [0.2, 0.25) is 0 Å². The summed E-state index contributed by atoms with van der Waals surface area (Å²) in [4.78, 5) is 22.2. The molecule has 27 heavy (non-hydrogen) atoms. The fourth-order valence-electron chi connectivity index (χ4n) is 2.27. The Balaban J connectivity index is 0.00000176. The Morgan fingerprint density at radius 2 is 1.78 bits per heavy atom. The van der Waals surface area contributed by atoms with Crippen molar-refractivity contribution in [1.82, 2.24) is 0 Å².